The summed E-state index contributed by atoms with van der Waals surface area (Å²) in [6, 6.07) is 0. The van der Waals surface area contributed by atoms with E-state index in [1.165, 1.54) is 0 Å². The van der Waals surface area contributed by atoms with Crippen molar-refractivity contribution in [2.75, 3.05) is 19.8 Å². The van der Waals surface area contributed by atoms with Crippen molar-refractivity contribution >= 4 is 5.90 Å². The van der Waals surface area contributed by atoms with Crippen molar-refractivity contribution in [3.63, 3.8) is 0 Å². The van der Waals surface area contributed by atoms with E-state index in [4.69, 9.17) is 53.0 Å². The summed E-state index contributed by atoms with van der Waals surface area (Å²) in [5.74, 6) is 1.07. The average molecular weight is 674 g/mol. The molecule has 2 spiro atoms. The molecule has 0 aromatic rings. The van der Waals surface area contributed by atoms with Gasteiger partial charge in [0.05, 0.1) is 19.5 Å². The highest BCUT2D eigenvalue weighted by Gasteiger charge is 2.71. The van der Waals surface area contributed by atoms with E-state index in [1.54, 1.807) is 0 Å². The van der Waals surface area contributed by atoms with Crippen LogP contribution in [0.3, 0.4) is 0 Å². The number of hydrogen-bond acceptors (Lipinski definition) is 11. The molecule has 14 atom stereocenters. The van der Waals surface area contributed by atoms with Crippen LogP contribution in [0.25, 0.3) is 0 Å². The zero-order valence-corrected chi connectivity index (χ0v) is 29.7. The van der Waals surface area contributed by atoms with Crippen LogP contribution in [-0.2, 0) is 48.0 Å². The molecule has 11 nitrogen and oxygen atoms in total. The molecule has 0 aromatic heterocycles. The summed E-state index contributed by atoms with van der Waals surface area (Å²) >= 11 is 0. The molecule has 10 rings (SSSR count). The Morgan fingerprint density at radius 2 is 1.42 bits per heavy atom. The molecule has 48 heavy (non-hydrogen) atoms. The largest absolute Gasteiger partial charge is 0.477 e. The van der Waals surface area contributed by atoms with Gasteiger partial charge >= 0.3 is 0 Å². The summed E-state index contributed by atoms with van der Waals surface area (Å²) in [4.78, 5) is 29.4. The summed E-state index contributed by atoms with van der Waals surface area (Å²) in [7, 11) is 0. The second-order valence-electron chi connectivity index (χ2n) is 16.5. The maximum Gasteiger partial charge on any atom is 0.235 e. The second-order valence-corrected chi connectivity index (χ2v) is 16.5. The molecule has 8 aliphatic heterocycles. The van der Waals surface area contributed by atoms with Gasteiger partial charge in [-0.25, -0.2) is 24.5 Å². The quantitative estimate of drug-likeness (QED) is 0.0951. The van der Waals surface area contributed by atoms with Gasteiger partial charge in [-0.2, -0.15) is 0 Å². The van der Waals surface area contributed by atoms with Crippen LogP contribution in [-0.4, -0.2) is 66.8 Å². The highest BCUT2D eigenvalue weighted by atomic mass is 17.3. The first-order chi connectivity index (χ1) is 22.9. The Morgan fingerprint density at radius 1 is 0.771 bits per heavy atom. The minimum Gasteiger partial charge on any atom is -0.477 e. The van der Waals surface area contributed by atoms with Crippen LogP contribution >= 0.6 is 0 Å². The number of nitrogens with zero attached hydrogens (tertiary/aromatic N) is 1. The summed E-state index contributed by atoms with van der Waals surface area (Å²) in [6.07, 6.45) is 12.7. The molecule has 10 aliphatic rings. The lowest BCUT2D eigenvalue weighted by atomic mass is 9.57. The molecule has 0 amide bonds. The molecular weight excluding hydrogens is 618 g/mol. The average Bonchev–Trinajstić information content (AvgIpc) is 3.42. The first-order valence-electron chi connectivity index (χ1n) is 18.4. The lowest BCUT2D eigenvalue weighted by Crippen LogP contribution is -2.72. The standard InChI is InChI=1S/C37H55NO10/c1-22-10-12-29-24(3)35(7,44-32-36(29)27(22)14-17-34(6,43-32)46-47-36)38-25(4)40-19-9-8-18-39-20-26-21-41-31-37-28(23(2)11-13-30(26)37)15-16-33(5,42-31)45-48-37/h8-9,21-24,27-32H,10-20H2,1-7H3/b9-8+,38-25-/t22-,23-,24-,27?,28?,29+,30+,31-,32+,33+,34+,35+,36-,37-/m1/s1. The van der Waals surface area contributed by atoms with Crippen LogP contribution in [0.4, 0.5) is 0 Å². The van der Waals surface area contributed by atoms with Crippen molar-refractivity contribution in [3.8, 4) is 0 Å². The van der Waals surface area contributed by atoms with Gasteiger partial charge in [-0.15, -0.1) is 0 Å². The smallest absolute Gasteiger partial charge is 0.235 e. The molecule has 2 saturated carbocycles. The number of aliphatic imine (C=N–C) groups is 1. The fourth-order valence-electron chi connectivity index (χ4n) is 10.7. The topological polar surface area (TPSA) is 105 Å². The van der Waals surface area contributed by atoms with E-state index in [1.807, 2.05) is 46.1 Å². The molecule has 4 bridgehead atoms. The van der Waals surface area contributed by atoms with Crippen molar-refractivity contribution in [1.82, 2.24) is 0 Å². The van der Waals surface area contributed by atoms with E-state index >= 15 is 0 Å². The number of rotatable bonds is 7. The summed E-state index contributed by atoms with van der Waals surface area (Å²) in [5.41, 5.74) is -0.956. The highest BCUT2D eigenvalue weighted by molar-refractivity contribution is 5.73. The van der Waals surface area contributed by atoms with Crippen molar-refractivity contribution in [3.05, 3.63) is 24.0 Å². The summed E-state index contributed by atoms with van der Waals surface area (Å²) in [5, 5.41) is 0. The molecule has 268 valence electrons. The van der Waals surface area contributed by atoms with Crippen LogP contribution in [0, 0.1) is 41.4 Å². The van der Waals surface area contributed by atoms with Crippen LogP contribution in [0.15, 0.2) is 29.0 Å². The first-order valence-corrected chi connectivity index (χ1v) is 18.4. The van der Waals surface area contributed by atoms with E-state index in [0.29, 0.717) is 49.4 Å². The minimum atomic E-state index is -0.814. The third-order valence-corrected chi connectivity index (χ3v) is 13.5. The highest BCUT2D eigenvalue weighted by Crippen LogP contribution is 2.63. The zero-order valence-electron chi connectivity index (χ0n) is 29.7. The van der Waals surface area contributed by atoms with E-state index < -0.39 is 41.1 Å². The Labute approximate surface area is 284 Å². The van der Waals surface area contributed by atoms with E-state index in [-0.39, 0.29) is 17.8 Å². The number of hydrogen-bond donors (Lipinski definition) is 0. The lowest BCUT2D eigenvalue weighted by Gasteiger charge is -2.62. The van der Waals surface area contributed by atoms with E-state index in [0.717, 1.165) is 56.9 Å². The predicted molar refractivity (Wildman–Crippen MR) is 172 cm³/mol. The van der Waals surface area contributed by atoms with Gasteiger partial charge in [0.2, 0.25) is 17.9 Å². The van der Waals surface area contributed by atoms with Gasteiger partial charge in [-0.05, 0) is 88.7 Å². The van der Waals surface area contributed by atoms with E-state index in [2.05, 4.69) is 20.8 Å². The van der Waals surface area contributed by atoms with Gasteiger partial charge < -0.3 is 28.4 Å². The molecule has 9 fully saturated rings. The van der Waals surface area contributed by atoms with Crippen LogP contribution in [0.1, 0.15) is 99.8 Å². The summed E-state index contributed by atoms with van der Waals surface area (Å²) in [6.45, 7) is 16.0. The first kappa shape index (κ1) is 33.6. The van der Waals surface area contributed by atoms with Gasteiger partial charge in [0, 0.05) is 43.4 Å². The Morgan fingerprint density at radius 3 is 2.17 bits per heavy atom. The van der Waals surface area contributed by atoms with Gasteiger partial charge in [-0.1, -0.05) is 26.8 Å². The van der Waals surface area contributed by atoms with Gasteiger partial charge in [0.1, 0.15) is 6.61 Å². The number of ether oxygens (including phenoxy) is 6. The third kappa shape index (κ3) is 5.16. The maximum atomic E-state index is 6.76. The van der Waals surface area contributed by atoms with Crippen molar-refractivity contribution < 1.29 is 48.0 Å². The number of fused-ring (bicyclic) bond motifs is 4. The third-order valence-electron chi connectivity index (χ3n) is 13.5. The van der Waals surface area contributed by atoms with Gasteiger partial charge in [0.25, 0.3) is 0 Å². The predicted octanol–water partition coefficient (Wildman–Crippen LogP) is 6.72. The fourth-order valence-corrected chi connectivity index (χ4v) is 10.7. The Hall–Kier alpha value is -1.57. The van der Waals surface area contributed by atoms with Gasteiger partial charge in [0.15, 0.2) is 29.1 Å². The van der Waals surface area contributed by atoms with Crippen LogP contribution in [0.2, 0.25) is 0 Å². The fraction of sp³-hybridized carbons (Fsp3) is 0.865. The summed E-state index contributed by atoms with van der Waals surface area (Å²) < 4.78 is 37.9. The molecule has 7 saturated heterocycles. The van der Waals surface area contributed by atoms with Crippen molar-refractivity contribution in [1.29, 1.82) is 0 Å². The Bertz CT molecular complexity index is 1340. The maximum absolute atomic E-state index is 6.76. The lowest BCUT2D eigenvalue weighted by molar-refractivity contribution is -0.575. The monoisotopic (exact) mass is 673 g/mol. The Balaban J connectivity index is 0.863. The molecule has 0 N–H and O–H groups in total. The zero-order chi connectivity index (χ0) is 33.5. The molecule has 0 radical (unpaired) electrons. The van der Waals surface area contributed by atoms with E-state index in [9.17, 15) is 0 Å². The molecule has 2 aliphatic carbocycles. The van der Waals surface area contributed by atoms with Crippen LogP contribution in [0.5, 0.6) is 0 Å². The van der Waals surface area contributed by atoms with Crippen molar-refractivity contribution in [2.45, 2.75) is 141 Å². The van der Waals surface area contributed by atoms with Crippen LogP contribution < -0.4 is 0 Å². The molecule has 11 heteroatoms. The second kappa shape index (κ2) is 12.0. The minimum absolute atomic E-state index is 0.0797. The molecule has 8 heterocycles. The van der Waals surface area contributed by atoms with Gasteiger partial charge in [-0.3, -0.25) is 0 Å². The normalized spacial score (nSPS) is 52.5. The Kier molecular flexibility index (Phi) is 8.40. The van der Waals surface area contributed by atoms with Crippen molar-refractivity contribution in [2.24, 2.45) is 46.4 Å². The molecule has 2 unspecified atom stereocenters. The SMILES string of the molecule is C/C(=N/[C@@]1(C)O[C@@H]2O[C@]3(C)CCC4[C@H](C)CC[C@@H]([C@H]1C)[C@]42OO3)OC/C=C/COCC1=CO[C@@H]2O[C@]3(C)CCC4[C@H](C)CC[C@@H]1[C@]42OO3. The molecular formula is C37H55NO10. The molecule has 0 aromatic carbocycles.